The number of likely N-dealkylation sites (tertiary alicyclic amines) is 1. The van der Waals surface area contributed by atoms with Gasteiger partial charge in [-0.2, -0.15) is 0 Å². The molecule has 6 heteroatoms. The average molecular weight is 414 g/mol. The summed E-state index contributed by atoms with van der Waals surface area (Å²) in [5, 5.41) is 0.529. The van der Waals surface area contributed by atoms with Crippen molar-refractivity contribution in [2.45, 2.75) is 38.7 Å². The van der Waals surface area contributed by atoms with Gasteiger partial charge in [-0.15, -0.1) is 0 Å². The van der Waals surface area contributed by atoms with Gasteiger partial charge in [0.1, 0.15) is 17.1 Å². The minimum absolute atomic E-state index is 0.0109. The van der Waals surface area contributed by atoms with Crippen LogP contribution in [0.4, 0.5) is 0 Å². The van der Waals surface area contributed by atoms with Gasteiger partial charge in [-0.05, 0) is 55.3 Å². The van der Waals surface area contributed by atoms with Crippen molar-refractivity contribution in [2.75, 3.05) is 19.7 Å². The lowest BCUT2D eigenvalue weighted by Crippen LogP contribution is -2.53. The third kappa shape index (κ3) is 4.25. The molecule has 0 N–H and O–H groups in total. The Bertz CT molecular complexity index is 943. The maximum absolute atomic E-state index is 12.6. The van der Waals surface area contributed by atoms with Crippen LogP contribution in [0.2, 0.25) is 5.02 Å². The lowest BCUT2D eigenvalue weighted by Gasteiger charge is -2.43. The summed E-state index contributed by atoms with van der Waals surface area (Å²) in [4.78, 5) is 27.0. The smallest absolute Gasteiger partial charge is 0.260 e. The van der Waals surface area contributed by atoms with Crippen molar-refractivity contribution in [2.24, 2.45) is 0 Å². The standard InChI is InChI=1S/C23H24ClNO4/c1-15-9-16(2)11-18(10-15)28-14-22(27)25-7-5-23(6-8-25)13-20(26)19-12-17(24)3-4-21(19)29-23/h3-4,9-12H,5-8,13-14H2,1-2H3. The normalized spacial score (nSPS) is 17.6. The molecule has 2 aliphatic heterocycles. The summed E-state index contributed by atoms with van der Waals surface area (Å²) in [5.74, 6) is 1.30. The highest BCUT2D eigenvalue weighted by atomic mass is 35.5. The summed E-state index contributed by atoms with van der Waals surface area (Å²) in [6.07, 6.45) is 1.56. The second-order valence-electron chi connectivity index (χ2n) is 8.02. The minimum Gasteiger partial charge on any atom is -0.486 e. The van der Waals surface area contributed by atoms with Crippen molar-refractivity contribution in [1.29, 1.82) is 0 Å². The van der Waals surface area contributed by atoms with Gasteiger partial charge in [-0.25, -0.2) is 0 Å². The molecule has 2 aliphatic rings. The average Bonchev–Trinajstić information content (AvgIpc) is 2.67. The lowest BCUT2D eigenvalue weighted by atomic mass is 9.82. The van der Waals surface area contributed by atoms with Gasteiger partial charge >= 0.3 is 0 Å². The van der Waals surface area contributed by atoms with E-state index in [0.29, 0.717) is 54.4 Å². The van der Waals surface area contributed by atoms with Gasteiger partial charge in [-0.3, -0.25) is 9.59 Å². The van der Waals surface area contributed by atoms with E-state index < -0.39 is 5.60 Å². The first-order chi connectivity index (χ1) is 13.8. The molecule has 0 atom stereocenters. The monoisotopic (exact) mass is 413 g/mol. The Morgan fingerprint density at radius 1 is 1.14 bits per heavy atom. The molecular formula is C23H24ClNO4. The van der Waals surface area contributed by atoms with Gasteiger partial charge in [-0.1, -0.05) is 17.7 Å². The van der Waals surface area contributed by atoms with Crippen LogP contribution in [0.1, 0.15) is 40.7 Å². The minimum atomic E-state index is -0.538. The number of hydrogen-bond donors (Lipinski definition) is 0. The molecule has 1 saturated heterocycles. The van der Waals surface area contributed by atoms with Gasteiger partial charge in [0.15, 0.2) is 12.4 Å². The van der Waals surface area contributed by atoms with Crippen LogP contribution in [0.25, 0.3) is 0 Å². The Hall–Kier alpha value is -2.53. The van der Waals surface area contributed by atoms with E-state index in [0.717, 1.165) is 11.1 Å². The highest BCUT2D eigenvalue weighted by Crippen LogP contribution is 2.40. The summed E-state index contributed by atoms with van der Waals surface area (Å²) in [6, 6.07) is 11.1. The molecule has 2 heterocycles. The SMILES string of the molecule is Cc1cc(C)cc(OCC(=O)N2CCC3(CC2)CC(=O)c2cc(Cl)ccc2O3)c1. The van der Waals surface area contributed by atoms with Crippen LogP contribution in [0.3, 0.4) is 0 Å². The number of fused-ring (bicyclic) bond motifs is 1. The number of ketones is 1. The van der Waals surface area contributed by atoms with Crippen molar-refractivity contribution in [3.63, 3.8) is 0 Å². The first-order valence-corrected chi connectivity index (χ1v) is 10.2. The van der Waals surface area contributed by atoms with Crippen molar-refractivity contribution in [3.05, 3.63) is 58.1 Å². The van der Waals surface area contributed by atoms with Crippen LogP contribution >= 0.6 is 11.6 Å². The number of Topliss-reactive ketones (excluding diaryl/α,β-unsaturated/α-hetero) is 1. The molecule has 5 nitrogen and oxygen atoms in total. The fourth-order valence-electron chi connectivity index (χ4n) is 4.16. The molecule has 0 radical (unpaired) electrons. The first-order valence-electron chi connectivity index (χ1n) is 9.84. The number of piperidine rings is 1. The number of benzene rings is 2. The molecular weight excluding hydrogens is 390 g/mol. The van der Waals surface area contributed by atoms with Crippen LogP contribution < -0.4 is 9.47 Å². The molecule has 0 unspecified atom stereocenters. The van der Waals surface area contributed by atoms with Crippen molar-refractivity contribution in [1.82, 2.24) is 4.90 Å². The Morgan fingerprint density at radius 3 is 2.52 bits per heavy atom. The Kier molecular flexibility index (Phi) is 5.26. The fourth-order valence-corrected chi connectivity index (χ4v) is 4.33. The summed E-state index contributed by atoms with van der Waals surface area (Å²) in [7, 11) is 0. The molecule has 1 spiro atoms. The molecule has 29 heavy (non-hydrogen) atoms. The molecule has 0 aliphatic carbocycles. The third-order valence-corrected chi connectivity index (χ3v) is 5.87. The molecule has 0 aromatic heterocycles. The van der Waals surface area contributed by atoms with E-state index in [9.17, 15) is 9.59 Å². The van der Waals surface area contributed by atoms with E-state index in [1.807, 2.05) is 26.0 Å². The first kappa shape index (κ1) is 19.8. The lowest BCUT2D eigenvalue weighted by molar-refractivity contribution is -0.136. The van der Waals surface area contributed by atoms with Crippen LogP contribution in [0, 0.1) is 13.8 Å². The molecule has 2 aromatic rings. The van der Waals surface area contributed by atoms with Gasteiger partial charge in [0.05, 0.1) is 12.0 Å². The van der Waals surface area contributed by atoms with E-state index in [1.54, 1.807) is 23.1 Å². The van der Waals surface area contributed by atoms with E-state index in [-0.39, 0.29) is 18.3 Å². The number of aryl methyl sites for hydroxylation is 2. The Labute approximate surface area is 175 Å². The van der Waals surface area contributed by atoms with Crippen molar-refractivity contribution < 1.29 is 19.1 Å². The second kappa shape index (κ2) is 7.71. The number of rotatable bonds is 3. The van der Waals surface area contributed by atoms with Crippen LogP contribution in [0.5, 0.6) is 11.5 Å². The van der Waals surface area contributed by atoms with Crippen LogP contribution in [-0.2, 0) is 4.79 Å². The Balaban J connectivity index is 1.36. The summed E-state index contributed by atoms with van der Waals surface area (Å²) >= 11 is 6.00. The van der Waals surface area contributed by atoms with Crippen molar-refractivity contribution in [3.8, 4) is 11.5 Å². The quantitative estimate of drug-likeness (QED) is 0.750. The van der Waals surface area contributed by atoms with Gasteiger partial charge < -0.3 is 14.4 Å². The largest absolute Gasteiger partial charge is 0.486 e. The van der Waals surface area contributed by atoms with Gasteiger partial charge in [0.25, 0.3) is 5.91 Å². The van der Waals surface area contributed by atoms with E-state index >= 15 is 0 Å². The van der Waals surface area contributed by atoms with Gasteiger partial charge in [0.2, 0.25) is 0 Å². The molecule has 0 bridgehead atoms. The maximum Gasteiger partial charge on any atom is 0.260 e. The second-order valence-corrected chi connectivity index (χ2v) is 8.45. The van der Waals surface area contributed by atoms with E-state index in [4.69, 9.17) is 21.1 Å². The fraction of sp³-hybridized carbons (Fsp3) is 0.391. The number of halogens is 1. The zero-order valence-corrected chi connectivity index (χ0v) is 17.4. The Morgan fingerprint density at radius 2 is 1.83 bits per heavy atom. The highest BCUT2D eigenvalue weighted by Gasteiger charge is 2.43. The van der Waals surface area contributed by atoms with Gasteiger partial charge in [0, 0.05) is 31.0 Å². The molecule has 4 rings (SSSR count). The molecule has 1 amide bonds. The molecule has 1 fully saturated rings. The molecule has 0 saturated carbocycles. The number of carbonyl (C=O) groups is 2. The van der Waals surface area contributed by atoms with Crippen molar-refractivity contribution >= 4 is 23.3 Å². The topological polar surface area (TPSA) is 55.8 Å². The highest BCUT2D eigenvalue weighted by molar-refractivity contribution is 6.31. The predicted octanol–water partition coefficient (Wildman–Crippen LogP) is 4.36. The molecule has 152 valence electrons. The number of nitrogens with zero attached hydrogens (tertiary/aromatic N) is 1. The predicted molar refractivity (Wildman–Crippen MR) is 111 cm³/mol. The van der Waals surface area contributed by atoms with E-state index in [2.05, 4.69) is 6.07 Å². The number of carbonyl (C=O) groups excluding carboxylic acids is 2. The van der Waals surface area contributed by atoms with E-state index in [1.165, 1.54) is 0 Å². The van der Waals surface area contributed by atoms with Crippen LogP contribution in [-0.4, -0.2) is 41.9 Å². The third-order valence-electron chi connectivity index (χ3n) is 5.64. The summed E-state index contributed by atoms with van der Waals surface area (Å²) < 4.78 is 11.9. The number of ether oxygens (including phenoxy) is 2. The zero-order chi connectivity index (χ0) is 20.6. The maximum atomic E-state index is 12.6. The van der Waals surface area contributed by atoms with Crippen LogP contribution in [0.15, 0.2) is 36.4 Å². The number of hydrogen-bond acceptors (Lipinski definition) is 4. The summed E-state index contributed by atoms with van der Waals surface area (Å²) in [5.41, 5.74) is 2.22. The zero-order valence-electron chi connectivity index (χ0n) is 16.7. The summed E-state index contributed by atoms with van der Waals surface area (Å²) in [6.45, 7) is 5.11. The molecule has 2 aromatic carbocycles. The number of amides is 1.